The third kappa shape index (κ3) is 2.53. The molecular formula is C17H16N2O3. The monoisotopic (exact) mass is 296 g/mol. The number of nitrogens with zero attached hydrogens (tertiary/aromatic N) is 2. The standard InChI is InChI=1S/C17H16N2O3/c1-12-5-4-6-13(9-12)10-18-14-7-2-3-8-15(14)19(17(18)22)11-16(20)21/h2-9H,10-11H2,1H3,(H,20,21). The van der Waals surface area contributed by atoms with E-state index in [-0.39, 0.29) is 12.2 Å². The van der Waals surface area contributed by atoms with Crippen LogP contribution in [0.1, 0.15) is 11.1 Å². The zero-order chi connectivity index (χ0) is 15.7. The Labute approximate surface area is 127 Å². The number of carboxylic acids is 1. The minimum atomic E-state index is -1.03. The van der Waals surface area contributed by atoms with Gasteiger partial charge in [0.2, 0.25) is 0 Å². The Hall–Kier alpha value is -2.82. The number of hydrogen-bond donors (Lipinski definition) is 1. The van der Waals surface area contributed by atoms with Gasteiger partial charge in [-0.25, -0.2) is 4.79 Å². The maximum Gasteiger partial charge on any atom is 0.329 e. The molecule has 0 aliphatic rings. The van der Waals surface area contributed by atoms with Crippen LogP contribution < -0.4 is 5.69 Å². The van der Waals surface area contributed by atoms with Crippen molar-refractivity contribution in [3.8, 4) is 0 Å². The Bertz CT molecular complexity index is 906. The lowest BCUT2D eigenvalue weighted by Crippen LogP contribution is -2.27. The molecule has 0 spiro atoms. The normalized spacial score (nSPS) is 11.0. The average molecular weight is 296 g/mol. The molecule has 0 saturated carbocycles. The Kier molecular flexibility index (Phi) is 3.55. The van der Waals surface area contributed by atoms with Crippen LogP contribution in [0, 0.1) is 6.92 Å². The molecule has 0 bridgehead atoms. The van der Waals surface area contributed by atoms with Crippen molar-refractivity contribution < 1.29 is 9.90 Å². The van der Waals surface area contributed by atoms with Gasteiger partial charge in [0.05, 0.1) is 17.6 Å². The van der Waals surface area contributed by atoms with Crippen molar-refractivity contribution >= 4 is 17.0 Å². The van der Waals surface area contributed by atoms with E-state index in [0.717, 1.165) is 16.6 Å². The van der Waals surface area contributed by atoms with Crippen LogP contribution in [0.3, 0.4) is 0 Å². The van der Waals surface area contributed by atoms with E-state index in [1.165, 1.54) is 4.57 Å². The highest BCUT2D eigenvalue weighted by atomic mass is 16.4. The fourth-order valence-corrected chi connectivity index (χ4v) is 2.71. The second kappa shape index (κ2) is 5.52. The van der Waals surface area contributed by atoms with Gasteiger partial charge in [0, 0.05) is 0 Å². The van der Waals surface area contributed by atoms with Crippen molar-refractivity contribution in [3.63, 3.8) is 0 Å². The van der Waals surface area contributed by atoms with Crippen LogP contribution in [0.15, 0.2) is 53.3 Å². The second-order valence-electron chi connectivity index (χ2n) is 5.33. The average Bonchev–Trinajstić information content (AvgIpc) is 2.73. The molecule has 0 amide bonds. The van der Waals surface area contributed by atoms with Crippen LogP contribution in [0.4, 0.5) is 0 Å². The number of aliphatic carboxylic acids is 1. The molecule has 5 nitrogen and oxygen atoms in total. The lowest BCUT2D eigenvalue weighted by atomic mass is 10.1. The van der Waals surface area contributed by atoms with Crippen molar-refractivity contribution in [1.82, 2.24) is 9.13 Å². The first-order valence-corrected chi connectivity index (χ1v) is 7.01. The van der Waals surface area contributed by atoms with E-state index in [4.69, 9.17) is 5.11 Å². The van der Waals surface area contributed by atoms with Crippen LogP contribution in [-0.2, 0) is 17.9 Å². The summed E-state index contributed by atoms with van der Waals surface area (Å²) in [6.07, 6.45) is 0. The Balaban J connectivity index is 2.15. The first-order chi connectivity index (χ1) is 10.6. The fourth-order valence-electron chi connectivity index (χ4n) is 2.71. The molecule has 112 valence electrons. The van der Waals surface area contributed by atoms with E-state index in [2.05, 4.69) is 0 Å². The molecule has 5 heteroatoms. The van der Waals surface area contributed by atoms with Gasteiger partial charge < -0.3 is 5.11 Å². The lowest BCUT2D eigenvalue weighted by Gasteiger charge is -2.04. The third-order valence-corrected chi connectivity index (χ3v) is 3.64. The fraction of sp³-hybridized carbons (Fsp3) is 0.176. The number of carbonyl (C=O) groups is 1. The van der Waals surface area contributed by atoms with Crippen molar-refractivity contribution in [1.29, 1.82) is 0 Å². The molecule has 3 aromatic rings. The zero-order valence-electron chi connectivity index (χ0n) is 12.2. The number of fused-ring (bicyclic) bond motifs is 1. The third-order valence-electron chi connectivity index (χ3n) is 3.64. The Morgan fingerprint density at radius 1 is 1.05 bits per heavy atom. The van der Waals surface area contributed by atoms with Crippen molar-refractivity contribution in [3.05, 3.63) is 70.1 Å². The van der Waals surface area contributed by atoms with Gasteiger partial charge in [-0.1, -0.05) is 42.0 Å². The van der Waals surface area contributed by atoms with Crippen LogP contribution >= 0.6 is 0 Å². The predicted octanol–water partition coefficient (Wildman–Crippen LogP) is 2.24. The summed E-state index contributed by atoms with van der Waals surface area (Å²) in [4.78, 5) is 23.6. The van der Waals surface area contributed by atoms with Crippen molar-refractivity contribution in [2.24, 2.45) is 0 Å². The second-order valence-corrected chi connectivity index (χ2v) is 5.33. The van der Waals surface area contributed by atoms with Crippen LogP contribution in [0.2, 0.25) is 0 Å². The van der Waals surface area contributed by atoms with Gasteiger partial charge in [0.15, 0.2) is 0 Å². The summed E-state index contributed by atoms with van der Waals surface area (Å²) in [7, 11) is 0. The van der Waals surface area contributed by atoms with Gasteiger partial charge >= 0.3 is 11.7 Å². The molecule has 3 rings (SSSR count). The van der Waals surface area contributed by atoms with Gasteiger partial charge in [0.25, 0.3) is 0 Å². The number of rotatable bonds is 4. The molecule has 1 N–H and O–H groups in total. The number of para-hydroxylation sites is 2. The smallest absolute Gasteiger partial charge is 0.329 e. The number of hydrogen-bond acceptors (Lipinski definition) is 2. The number of benzene rings is 2. The highest BCUT2D eigenvalue weighted by Crippen LogP contribution is 2.15. The zero-order valence-corrected chi connectivity index (χ0v) is 12.2. The largest absolute Gasteiger partial charge is 0.480 e. The van der Waals surface area contributed by atoms with E-state index in [1.54, 1.807) is 16.7 Å². The van der Waals surface area contributed by atoms with E-state index in [9.17, 15) is 9.59 Å². The molecule has 0 atom stereocenters. The predicted molar refractivity (Wildman–Crippen MR) is 84.1 cm³/mol. The van der Waals surface area contributed by atoms with E-state index >= 15 is 0 Å². The maximum absolute atomic E-state index is 12.6. The van der Waals surface area contributed by atoms with Gasteiger partial charge in [-0.2, -0.15) is 0 Å². The van der Waals surface area contributed by atoms with Crippen molar-refractivity contribution in [2.45, 2.75) is 20.0 Å². The molecule has 0 fully saturated rings. The highest BCUT2D eigenvalue weighted by Gasteiger charge is 2.14. The number of imidazole rings is 1. The van der Waals surface area contributed by atoms with E-state index < -0.39 is 5.97 Å². The molecule has 0 radical (unpaired) electrons. The van der Waals surface area contributed by atoms with Gasteiger partial charge in [0.1, 0.15) is 6.54 Å². The highest BCUT2D eigenvalue weighted by molar-refractivity contribution is 5.78. The summed E-state index contributed by atoms with van der Waals surface area (Å²) < 4.78 is 2.92. The summed E-state index contributed by atoms with van der Waals surface area (Å²) in [5, 5.41) is 9.02. The summed E-state index contributed by atoms with van der Waals surface area (Å²) >= 11 is 0. The Morgan fingerprint density at radius 2 is 1.73 bits per heavy atom. The number of aryl methyl sites for hydroxylation is 1. The quantitative estimate of drug-likeness (QED) is 0.803. The van der Waals surface area contributed by atoms with Crippen LogP contribution in [-0.4, -0.2) is 20.2 Å². The molecule has 0 aliphatic carbocycles. The summed E-state index contributed by atoms with van der Waals surface area (Å²) in [5.41, 5.74) is 3.23. The minimum Gasteiger partial charge on any atom is -0.480 e. The molecule has 2 aromatic carbocycles. The van der Waals surface area contributed by atoms with Crippen LogP contribution in [0.25, 0.3) is 11.0 Å². The first-order valence-electron chi connectivity index (χ1n) is 7.01. The molecule has 1 aromatic heterocycles. The molecule has 0 unspecified atom stereocenters. The maximum atomic E-state index is 12.6. The van der Waals surface area contributed by atoms with Gasteiger partial charge in [-0.05, 0) is 24.6 Å². The number of carboxylic acid groups (broad SMARTS) is 1. The van der Waals surface area contributed by atoms with E-state index in [1.807, 2.05) is 43.3 Å². The molecule has 0 aliphatic heterocycles. The topological polar surface area (TPSA) is 64.2 Å². The molecule has 1 heterocycles. The van der Waals surface area contributed by atoms with E-state index in [0.29, 0.717) is 12.1 Å². The summed E-state index contributed by atoms with van der Waals surface area (Å²) in [5.74, 6) is -1.03. The summed E-state index contributed by atoms with van der Waals surface area (Å²) in [6.45, 7) is 2.09. The molecular weight excluding hydrogens is 280 g/mol. The summed E-state index contributed by atoms with van der Waals surface area (Å²) in [6, 6.07) is 15.2. The van der Waals surface area contributed by atoms with Crippen molar-refractivity contribution in [2.75, 3.05) is 0 Å². The molecule has 0 saturated heterocycles. The first kappa shape index (κ1) is 14.1. The molecule has 22 heavy (non-hydrogen) atoms. The van der Waals surface area contributed by atoms with Crippen LogP contribution in [0.5, 0.6) is 0 Å². The van der Waals surface area contributed by atoms with Gasteiger partial charge in [-0.3, -0.25) is 13.9 Å². The lowest BCUT2D eigenvalue weighted by molar-refractivity contribution is -0.137. The van der Waals surface area contributed by atoms with Gasteiger partial charge in [-0.15, -0.1) is 0 Å². The Morgan fingerprint density at radius 3 is 2.36 bits per heavy atom. The minimum absolute atomic E-state index is 0.301. The number of aromatic nitrogens is 2. The SMILES string of the molecule is Cc1cccc(Cn2c(=O)n(CC(=O)O)c3ccccc32)c1.